The fraction of sp³-hybridized carbons (Fsp3) is 0.0769. The summed E-state index contributed by atoms with van der Waals surface area (Å²) in [7, 11) is 0. The van der Waals surface area contributed by atoms with E-state index >= 15 is 0 Å². The summed E-state index contributed by atoms with van der Waals surface area (Å²) < 4.78 is 1.16. The van der Waals surface area contributed by atoms with E-state index in [1.54, 1.807) is 34.0 Å². The highest BCUT2D eigenvalue weighted by molar-refractivity contribution is 9.11. The summed E-state index contributed by atoms with van der Waals surface area (Å²) in [5.74, 6) is 0. The van der Waals surface area contributed by atoms with E-state index in [1.807, 2.05) is 6.07 Å². The summed E-state index contributed by atoms with van der Waals surface area (Å²) in [6, 6.07) is 12.6. The molecule has 3 heterocycles. The first-order valence-corrected chi connectivity index (χ1v) is 8.56. The Bertz CT molecular complexity index is 665. The van der Waals surface area contributed by atoms with Gasteiger partial charge in [-0.15, -0.1) is 34.0 Å². The van der Waals surface area contributed by atoms with Crippen LogP contribution in [0, 0.1) is 0 Å². The van der Waals surface area contributed by atoms with Crippen molar-refractivity contribution in [1.29, 1.82) is 0 Å². The Morgan fingerprint density at radius 1 is 0.778 bits per heavy atom. The molecule has 0 amide bonds. The van der Waals surface area contributed by atoms with Gasteiger partial charge >= 0.3 is 0 Å². The molecule has 0 radical (unpaired) electrons. The average Bonchev–Trinajstić information content (AvgIpc) is 3.07. The van der Waals surface area contributed by atoms with E-state index in [9.17, 15) is 0 Å². The zero-order valence-corrected chi connectivity index (χ0v) is 13.3. The summed E-state index contributed by atoms with van der Waals surface area (Å²) in [6.07, 6.45) is 0. The molecule has 0 unspecified atom stereocenters. The average molecular weight is 357 g/mol. The van der Waals surface area contributed by atoms with Crippen LogP contribution in [0.3, 0.4) is 0 Å². The third-order valence-electron chi connectivity index (χ3n) is 2.48. The number of aliphatic hydroxyl groups is 1. The highest BCUT2D eigenvalue weighted by Gasteiger charge is 2.08. The number of rotatable bonds is 3. The number of aliphatic hydroxyl groups excluding tert-OH is 1. The fourth-order valence-corrected chi connectivity index (χ4v) is 5.09. The molecule has 3 aromatic heterocycles. The van der Waals surface area contributed by atoms with Crippen LogP contribution in [0.15, 0.2) is 40.2 Å². The third-order valence-corrected chi connectivity index (χ3v) is 6.65. The second kappa shape index (κ2) is 5.27. The molecule has 0 saturated carbocycles. The predicted octanol–water partition coefficient (Wildman–Crippen LogP) is 5.46. The first-order chi connectivity index (χ1) is 8.76. The number of halogens is 1. The Hall–Kier alpha value is -0.460. The maximum atomic E-state index is 9.09. The summed E-state index contributed by atoms with van der Waals surface area (Å²) in [5, 5.41) is 9.09. The lowest BCUT2D eigenvalue weighted by atomic mass is 10.3. The Morgan fingerprint density at radius 3 is 1.89 bits per heavy atom. The van der Waals surface area contributed by atoms with Crippen molar-refractivity contribution in [3.05, 3.63) is 45.1 Å². The Kier molecular flexibility index (Phi) is 3.68. The van der Waals surface area contributed by atoms with Gasteiger partial charge in [0, 0.05) is 24.4 Å². The molecule has 5 heteroatoms. The lowest BCUT2D eigenvalue weighted by Gasteiger charge is -1.90. The van der Waals surface area contributed by atoms with Gasteiger partial charge < -0.3 is 5.11 Å². The minimum atomic E-state index is 0.126. The van der Waals surface area contributed by atoms with E-state index in [4.69, 9.17) is 5.11 Å². The van der Waals surface area contributed by atoms with Crippen LogP contribution in [-0.4, -0.2) is 5.11 Å². The Labute approximate surface area is 125 Å². The predicted molar refractivity (Wildman–Crippen MR) is 84.6 cm³/mol. The Balaban J connectivity index is 1.93. The van der Waals surface area contributed by atoms with Crippen LogP contribution in [0.1, 0.15) is 4.88 Å². The van der Waals surface area contributed by atoms with E-state index in [0.29, 0.717) is 0 Å². The highest BCUT2D eigenvalue weighted by Crippen LogP contribution is 2.40. The van der Waals surface area contributed by atoms with Crippen LogP contribution < -0.4 is 0 Å². The molecule has 3 aromatic rings. The maximum absolute atomic E-state index is 9.09. The van der Waals surface area contributed by atoms with Crippen molar-refractivity contribution in [1.82, 2.24) is 0 Å². The first-order valence-electron chi connectivity index (χ1n) is 5.32. The van der Waals surface area contributed by atoms with E-state index in [-0.39, 0.29) is 6.61 Å². The normalized spacial score (nSPS) is 11.0. The molecule has 18 heavy (non-hydrogen) atoms. The largest absolute Gasteiger partial charge is 0.391 e. The van der Waals surface area contributed by atoms with Crippen LogP contribution in [0.2, 0.25) is 0 Å². The number of hydrogen-bond donors (Lipinski definition) is 1. The fourth-order valence-electron chi connectivity index (χ4n) is 1.64. The molecule has 0 spiro atoms. The van der Waals surface area contributed by atoms with Gasteiger partial charge in [-0.3, -0.25) is 0 Å². The minimum Gasteiger partial charge on any atom is -0.391 e. The van der Waals surface area contributed by atoms with E-state index in [2.05, 4.69) is 46.3 Å². The van der Waals surface area contributed by atoms with Crippen molar-refractivity contribution in [2.75, 3.05) is 0 Å². The van der Waals surface area contributed by atoms with Crippen molar-refractivity contribution in [2.45, 2.75) is 6.61 Å². The molecule has 0 aliphatic heterocycles. The van der Waals surface area contributed by atoms with Gasteiger partial charge in [-0.05, 0) is 52.3 Å². The van der Waals surface area contributed by atoms with Gasteiger partial charge in [-0.25, -0.2) is 0 Å². The van der Waals surface area contributed by atoms with Crippen molar-refractivity contribution in [3.63, 3.8) is 0 Å². The van der Waals surface area contributed by atoms with Crippen molar-refractivity contribution < 1.29 is 5.11 Å². The second-order valence-corrected chi connectivity index (χ2v) is 8.41. The molecule has 0 aliphatic rings. The SMILES string of the molecule is OCc1ccc(-c2ccc(-c3ccc(Br)s3)s2)s1. The molecule has 1 N–H and O–H groups in total. The second-order valence-electron chi connectivity index (χ2n) is 3.69. The Morgan fingerprint density at radius 2 is 1.33 bits per heavy atom. The summed E-state index contributed by atoms with van der Waals surface area (Å²) in [6.45, 7) is 0.126. The molecule has 1 nitrogen and oxygen atoms in total. The van der Waals surface area contributed by atoms with Gasteiger partial charge in [0.05, 0.1) is 10.4 Å². The zero-order valence-electron chi connectivity index (χ0n) is 9.22. The van der Waals surface area contributed by atoms with Crippen molar-refractivity contribution in [2.24, 2.45) is 0 Å². The van der Waals surface area contributed by atoms with Crippen LogP contribution in [0.25, 0.3) is 19.5 Å². The van der Waals surface area contributed by atoms with Crippen LogP contribution in [-0.2, 0) is 6.61 Å². The summed E-state index contributed by atoms with van der Waals surface area (Å²) in [5.41, 5.74) is 0. The van der Waals surface area contributed by atoms with Crippen LogP contribution >= 0.6 is 49.9 Å². The molecule has 3 rings (SSSR count). The first kappa shape index (κ1) is 12.6. The van der Waals surface area contributed by atoms with E-state index in [0.717, 1.165) is 8.66 Å². The monoisotopic (exact) mass is 356 g/mol. The third kappa shape index (κ3) is 2.46. The molecular weight excluding hydrogens is 348 g/mol. The smallest absolute Gasteiger partial charge is 0.0774 e. The molecule has 0 saturated heterocycles. The lowest BCUT2D eigenvalue weighted by Crippen LogP contribution is -1.69. The highest BCUT2D eigenvalue weighted by atomic mass is 79.9. The van der Waals surface area contributed by atoms with Gasteiger partial charge in [0.2, 0.25) is 0 Å². The standard InChI is InChI=1S/C13H9BrOS3/c14-13-6-5-12(18-13)11-4-3-10(17-11)9-2-1-8(7-15)16-9/h1-6,15H,7H2. The molecule has 0 aromatic carbocycles. The van der Waals surface area contributed by atoms with E-state index < -0.39 is 0 Å². The van der Waals surface area contributed by atoms with Gasteiger partial charge in [-0.2, -0.15) is 0 Å². The van der Waals surface area contributed by atoms with Gasteiger partial charge in [0.25, 0.3) is 0 Å². The topological polar surface area (TPSA) is 20.2 Å². The van der Waals surface area contributed by atoms with E-state index in [1.165, 1.54) is 19.5 Å². The van der Waals surface area contributed by atoms with Crippen molar-refractivity contribution >= 4 is 49.9 Å². The van der Waals surface area contributed by atoms with Crippen molar-refractivity contribution in [3.8, 4) is 19.5 Å². The summed E-state index contributed by atoms with van der Waals surface area (Å²) >= 11 is 8.69. The van der Waals surface area contributed by atoms with Gasteiger partial charge in [0.1, 0.15) is 0 Å². The van der Waals surface area contributed by atoms with Crippen LogP contribution in [0.5, 0.6) is 0 Å². The summed E-state index contributed by atoms with van der Waals surface area (Å²) in [4.78, 5) is 6.08. The quantitative estimate of drug-likeness (QED) is 0.660. The molecule has 0 atom stereocenters. The van der Waals surface area contributed by atoms with Gasteiger partial charge in [-0.1, -0.05) is 0 Å². The van der Waals surface area contributed by atoms with Gasteiger partial charge in [0.15, 0.2) is 0 Å². The molecule has 0 bridgehead atoms. The lowest BCUT2D eigenvalue weighted by molar-refractivity contribution is 0.285. The van der Waals surface area contributed by atoms with Crippen LogP contribution in [0.4, 0.5) is 0 Å². The minimum absolute atomic E-state index is 0.126. The maximum Gasteiger partial charge on any atom is 0.0774 e. The number of hydrogen-bond acceptors (Lipinski definition) is 4. The molecule has 0 fully saturated rings. The molecule has 0 aliphatic carbocycles. The molecule has 92 valence electrons. The molecular formula is C13H9BrOS3. The number of thiophene rings is 3. The zero-order chi connectivity index (χ0) is 12.5.